The molecule has 0 aliphatic rings. The summed E-state index contributed by atoms with van der Waals surface area (Å²) in [7, 11) is 0. The lowest BCUT2D eigenvalue weighted by atomic mass is 10.0. The lowest BCUT2D eigenvalue weighted by Gasteiger charge is -2.15. The second kappa shape index (κ2) is 4.41. The molecule has 1 aromatic rings. The van der Waals surface area contributed by atoms with Gasteiger partial charge in [0.05, 0.1) is 6.04 Å². The third-order valence-electron chi connectivity index (χ3n) is 1.85. The number of nitrogens with two attached hydrogens (primary N) is 1. The highest BCUT2D eigenvalue weighted by Gasteiger charge is 2.23. The Kier molecular flexibility index (Phi) is 3.46. The van der Waals surface area contributed by atoms with Gasteiger partial charge in [0.1, 0.15) is 0 Å². The Morgan fingerprint density at radius 3 is 2.29 bits per heavy atom. The van der Waals surface area contributed by atoms with Crippen LogP contribution in [0.4, 0.5) is 0 Å². The lowest BCUT2D eigenvalue weighted by Crippen LogP contribution is -2.33. The van der Waals surface area contributed by atoms with Crippen LogP contribution in [-0.2, 0) is 4.79 Å². The van der Waals surface area contributed by atoms with Gasteiger partial charge in [0.2, 0.25) is 0 Å². The largest absolute Gasteiger partial charge is 0.479 e. The van der Waals surface area contributed by atoms with Crippen molar-refractivity contribution in [3.8, 4) is 0 Å². The topological polar surface area (TPSA) is 83.5 Å². The van der Waals surface area contributed by atoms with E-state index in [2.05, 4.69) is 0 Å². The Bertz CT molecular complexity index is 325. The molecule has 0 unspecified atom stereocenters. The number of aliphatic hydroxyl groups excluding tert-OH is 1. The van der Waals surface area contributed by atoms with Gasteiger partial charge in [-0.2, -0.15) is 0 Å². The number of hydrogen-bond acceptors (Lipinski definition) is 3. The molecule has 0 bridgehead atoms. The van der Waals surface area contributed by atoms with Crippen LogP contribution in [0.2, 0.25) is 5.02 Å². The summed E-state index contributed by atoms with van der Waals surface area (Å²) in [5, 5.41) is 18.2. The minimum Gasteiger partial charge on any atom is -0.479 e. The molecule has 0 radical (unpaired) electrons. The Morgan fingerprint density at radius 2 is 1.86 bits per heavy atom. The molecule has 4 N–H and O–H groups in total. The van der Waals surface area contributed by atoms with Crippen molar-refractivity contribution in [3.63, 3.8) is 0 Å². The number of aliphatic hydroxyl groups is 1. The van der Waals surface area contributed by atoms with Gasteiger partial charge in [-0.3, -0.25) is 0 Å². The van der Waals surface area contributed by atoms with Crippen molar-refractivity contribution in [2.24, 2.45) is 5.73 Å². The van der Waals surface area contributed by atoms with Crippen LogP contribution in [0, 0.1) is 0 Å². The molecule has 0 saturated carbocycles. The summed E-state index contributed by atoms with van der Waals surface area (Å²) in [6.07, 6.45) is -1.60. The van der Waals surface area contributed by atoms with Crippen LogP contribution in [0.5, 0.6) is 0 Å². The zero-order valence-corrected chi connectivity index (χ0v) is 7.98. The third-order valence-corrected chi connectivity index (χ3v) is 2.10. The molecule has 0 aliphatic carbocycles. The number of benzene rings is 1. The average Bonchev–Trinajstić information content (AvgIpc) is 2.16. The molecule has 1 rings (SSSR count). The minimum absolute atomic E-state index is 0.532. The van der Waals surface area contributed by atoms with Gasteiger partial charge < -0.3 is 15.9 Å². The number of halogens is 1. The summed E-state index contributed by atoms with van der Waals surface area (Å²) < 4.78 is 0. The van der Waals surface area contributed by atoms with Crippen LogP contribution in [0.25, 0.3) is 0 Å². The van der Waals surface area contributed by atoms with Crippen molar-refractivity contribution in [2.45, 2.75) is 12.1 Å². The van der Waals surface area contributed by atoms with Crippen molar-refractivity contribution >= 4 is 17.6 Å². The fourth-order valence-corrected chi connectivity index (χ4v) is 1.15. The first-order valence-electron chi connectivity index (χ1n) is 3.94. The number of carboxylic acids is 1. The van der Waals surface area contributed by atoms with E-state index in [4.69, 9.17) is 27.5 Å². The van der Waals surface area contributed by atoms with E-state index >= 15 is 0 Å². The van der Waals surface area contributed by atoms with E-state index in [0.29, 0.717) is 10.6 Å². The molecule has 0 spiro atoms. The first-order chi connectivity index (χ1) is 6.52. The van der Waals surface area contributed by atoms with Crippen LogP contribution in [0.3, 0.4) is 0 Å². The first-order valence-corrected chi connectivity index (χ1v) is 4.32. The highest BCUT2D eigenvalue weighted by Crippen LogP contribution is 2.17. The maximum absolute atomic E-state index is 10.4. The molecule has 0 amide bonds. The summed E-state index contributed by atoms with van der Waals surface area (Å²) >= 11 is 5.64. The summed E-state index contributed by atoms with van der Waals surface area (Å²) in [6, 6.07) is 5.40. The predicted octanol–water partition coefficient (Wildman–Crippen LogP) is 0.785. The number of hydrogen-bond donors (Lipinski definition) is 3. The van der Waals surface area contributed by atoms with E-state index in [0.717, 1.165) is 0 Å². The van der Waals surface area contributed by atoms with Gasteiger partial charge in [0, 0.05) is 5.02 Å². The van der Waals surface area contributed by atoms with Crippen molar-refractivity contribution in [1.29, 1.82) is 0 Å². The molecule has 0 aromatic heterocycles. The van der Waals surface area contributed by atoms with Gasteiger partial charge >= 0.3 is 5.97 Å². The summed E-state index contributed by atoms with van der Waals surface area (Å²) in [5.74, 6) is -1.34. The molecule has 5 heteroatoms. The molecular weight excluding hydrogens is 206 g/mol. The SMILES string of the molecule is N[C@@H](c1ccc(Cl)cc1)[C@@H](O)C(=O)O. The fraction of sp³-hybridized carbons (Fsp3) is 0.222. The number of rotatable bonds is 3. The van der Waals surface area contributed by atoms with Crippen LogP contribution in [-0.4, -0.2) is 22.3 Å². The second-order valence-corrected chi connectivity index (χ2v) is 3.30. The molecule has 0 heterocycles. The quantitative estimate of drug-likeness (QED) is 0.696. The first kappa shape index (κ1) is 11.0. The number of carbonyl (C=O) groups is 1. The maximum atomic E-state index is 10.4. The number of carboxylic acid groups (broad SMARTS) is 1. The standard InChI is InChI=1S/C9H10ClNO3/c10-6-3-1-5(2-4-6)7(11)8(12)9(13)14/h1-4,7-8,12H,11H2,(H,13,14)/t7-,8+/m0/s1. The smallest absolute Gasteiger partial charge is 0.334 e. The predicted molar refractivity (Wildman–Crippen MR) is 52.0 cm³/mol. The van der Waals surface area contributed by atoms with Crippen molar-refractivity contribution < 1.29 is 15.0 Å². The van der Waals surface area contributed by atoms with Gasteiger partial charge in [-0.15, -0.1) is 0 Å². The summed E-state index contributed by atoms with van der Waals surface area (Å²) in [6.45, 7) is 0. The van der Waals surface area contributed by atoms with E-state index in [9.17, 15) is 4.79 Å². The highest BCUT2D eigenvalue weighted by molar-refractivity contribution is 6.30. The molecule has 76 valence electrons. The minimum atomic E-state index is -1.60. The van der Waals surface area contributed by atoms with Gasteiger partial charge in [-0.25, -0.2) is 4.79 Å². The Labute approximate surface area is 85.9 Å². The fourth-order valence-electron chi connectivity index (χ4n) is 1.02. The van der Waals surface area contributed by atoms with Gasteiger partial charge in [-0.05, 0) is 17.7 Å². The molecule has 0 fully saturated rings. The maximum Gasteiger partial charge on any atom is 0.334 e. The molecule has 4 nitrogen and oxygen atoms in total. The Hall–Kier alpha value is -1.10. The van der Waals surface area contributed by atoms with Gasteiger partial charge in [-0.1, -0.05) is 23.7 Å². The van der Waals surface area contributed by atoms with Crippen LogP contribution < -0.4 is 5.73 Å². The van der Waals surface area contributed by atoms with E-state index in [-0.39, 0.29) is 0 Å². The van der Waals surface area contributed by atoms with Crippen LogP contribution in [0.15, 0.2) is 24.3 Å². The van der Waals surface area contributed by atoms with Crippen LogP contribution in [0.1, 0.15) is 11.6 Å². The second-order valence-electron chi connectivity index (χ2n) is 2.86. The van der Waals surface area contributed by atoms with Crippen LogP contribution >= 0.6 is 11.6 Å². The van der Waals surface area contributed by atoms with Gasteiger partial charge in [0.25, 0.3) is 0 Å². The molecule has 0 aliphatic heterocycles. The lowest BCUT2D eigenvalue weighted by molar-refractivity contribution is -0.147. The zero-order valence-electron chi connectivity index (χ0n) is 7.22. The van der Waals surface area contributed by atoms with Crippen molar-refractivity contribution in [1.82, 2.24) is 0 Å². The average molecular weight is 216 g/mol. The van der Waals surface area contributed by atoms with E-state index in [1.807, 2.05) is 0 Å². The summed E-state index contributed by atoms with van der Waals surface area (Å²) in [4.78, 5) is 10.4. The molecular formula is C9H10ClNO3. The normalized spacial score (nSPS) is 14.8. The van der Waals surface area contributed by atoms with E-state index in [1.165, 1.54) is 0 Å². The van der Waals surface area contributed by atoms with Gasteiger partial charge in [0.15, 0.2) is 6.10 Å². The highest BCUT2D eigenvalue weighted by atomic mass is 35.5. The Morgan fingerprint density at radius 1 is 1.36 bits per heavy atom. The summed E-state index contributed by atoms with van der Waals surface area (Å²) in [5.41, 5.74) is 6.05. The third kappa shape index (κ3) is 2.45. The molecule has 0 saturated heterocycles. The molecule has 2 atom stereocenters. The monoisotopic (exact) mass is 215 g/mol. The number of aliphatic carboxylic acids is 1. The molecule has 14 heavy (non-hydrogen) atoms. The van der Waals surface area contributed by atoms with Crippen molar-refractivity contribution in [2.75, 3.05) is 0 Å². The Balaban J connectivity index is 2.84. The van der Waals surface area contributed by atoms with Crippen molar-refractivity contribution in [3.05, 3.63) is 34.9 Å². The zero-order chi connectivity index (χ0) is 10.7. The van der Waals surface area contributed by atoms with E-state index < -0.39 is 18.1 Å². The van der Waals surface area contributed by atoms with E-state index in [1.54, 1.807) is 24.3 Å². The molecule has 1 aromatic carbocycles.